The summed E-state index contributed by atoms with van der Waals surface area (Å²) in [5.41, 5.74) is 2.87. The lowest BCUT2D eigenvalue weighted by Gasteiger charge is -2.37. The van der Waals surface area contributed by atoms with Crippen molar-refractivity contribution in [3.05, 3.63) is 35.4 Å². The number of thioether (sulfide) groups is 1. The Hall–Kier alpha value is -0.470. The molecule has 0 aliphatic carbocycles. The number of aliphatic imine (C=N–C) groups is 1. The highest BCUT2D eigenvalue weighted by Gasteiger charge is 2.35. The van der Waals surface area contributed by atoms with Crippen LogP contribution in [0.1, 0.15) is 30.9 Å². The van der Waals surface area contributed by atoms with Crippen molar-refractivity contribution in [2.75, 3.05) is 44.9 Å². The standard InChI is InChI=1S/C19H31N3OS.HI/c1-4-20-18(21-11-14-24-3)22-15-19(9-12-23-13-10-19)17-8-6-5-7-16(17)2;/h5-8H,4,9-15H2,1-3H3,(H2,20,21,22);1H. The quantitative estimate of drug-likeness (QED) is 0.273. The zero-order chi connectivity index (χ0) is 17.3. The van der Waals surface area contributed by atoms with Gasteiger partial charge in [0.05, 0.1) is 6.54 Å². The third-order valence-corrected chi connectivity index (χ3v) is 5.26. The molecule has 0 aromatic heterocycles. The van der Waals surface area contributed by atoms with Crippen molar-refractivity contribution < 1.29 is 4.74 Å². The molecule has 0 bridgehead atoms. The number of guanidine groups is 1. The molecule has 1 aliphatic heterocycles. The maximum atomic E-state index is 5.64. The van der Waals surface area contributed by atoms with Gasteiger partial charge in [-0.25, -0.2) is 0 Å². The van der Waals surface area contributed by atoms with Crippen molar-refractivity contribution in [2.45, 2.75) is 32.1 Å². The second kappa shape index (κ2) is 12.0. The van der Waals surface area contributed by atoms with E-state index in [1.807, 2.05) is 11.8 Å². The Morgan fingerprint density at radius 2 is 1.96 bits per heavy atom. The van der Waals surface area contributed by atoms with Crippen LogP contribution in [0.4, 0.5) is 0 Å². The van der Waals surface area contributed by atoms with Crippen LogP contribution in [0.25, 0.3) is 0 Å². The van der Waals surface area contributed by atoms with Crippen molar-refractivity contribution >= 4 is 41.7 Å². The molecule has 0 saturated carbocycles. The smallest absolute Gasteiger partial charge is 0.191 e. The van der Waals surface area contributed by atoms with E-state index in [9.17, 15) is 0 Å². The molecule has 0 spiro atoms. The van der Waals surface area contributed by atoms with Gasteiger partial charge in [0.15, 0.2) is 5.96 Å². The molecule has 1 heterocycles. The largest absolute Gasteiger partial charge is 0.381 e. The summed E-state index contributed by atoms with van der Waals surface area (Å²) >= 11 is 1.84. The van der Waals surface area contributed by atoms with Crippen LogP contribution in [-0.4, -0.2) is 50.8 Å². The van der Waals surface area contributed by atoms with E-state index in [1.54, 1.807) is 0 Å². The number of hydrogen-bond donors (Lipinski definition) is 2. The molecule has 0 radical (unpaired) electrons. The molecule has 0 unspecified atom stereocenters. The Balaban J connectivity index is 0.00000312. The summed E-state index contributed by atoms with van der Waals surface area (Å²) in [7, 11) is 0. The third-order valence-electron chi connectivity index (χ3n) is 4.65. The van der Waals surface area contributed by atoms with Crippen LogP contribution in [-0.2, 0) is 10.2 Å². The predicted molar refractivity (Wildman–Crippen MR) is 121 cm³/mol. The van der Waals surface area contributed by atoms with Gasteiger partial charge in [0.25, 0.3) is 0 Å². The fourth-order valence-electron chi connectivity index (χ4n) is 3.29. The number of halogens is 1. The molecular formula is C19H32IN3OS. The van der Waals surface area contributed by atoms with E-state index in [1.165, 1.54) is 11.1 Å². The molecule has 1 fully saturated rings. The fraction of sp³-hybridized carbons (Fsp3) is 0.632. The monoisotopic (exact) mass is 477 g/mol. The van der Waals surface area contributed by atoms with Gasteiger partial charge in [0.1, 0.15) is 0 Å². The van der Waals surface area contributed by atoms with Crippen LogP contribution < -0.4 is 10.6 Å². The van der Waals surface area contributed by atoms with Crippen molar-refractivity contribution in [3.63, 3.8) is 0 Å². The van der Waals surface area contributed by atoms with Gasteiger partial charge in [-0.1, -0.05) is 24.3 Å². The lowest BCUT2D eigenvalue weighted by Crippen LogP contribution is -2.42. The second-order valence-corrected chi connectivity index (χ2v) is 7.31. The van der Waals surface area contributed by atoms with Gasteiger partial charge in [0.2, 0.25) is 0 Å². The van der Waals surface area contributed by atoms with Gasteiger partial charge in [-0.2, -0.15) is 11.8 Å². The summed E-state index contributed by atoms with van der Waals surface area (Å²) in [5.74, 6) is 2.01. The first-order valence-corrected chi connectivity index (χ1v) is 10.3. The Kier molecular flexibility index (Phi) is 10.8. The van der Waals surface area contributed by atoms with Gasteiger partial charge in [0, 0.05) is 37.5 Å². The van der Waals surface area contributed by atoms with Gasteiger partial charge < -0.3 is 15.4 Å². The summed E-state index contributed by atoms with van der Waals surface area (Å²) in [6, 6.07) is 8.73. The van der Waals surface area contributed by atoms with Crippen molar-refractivity contribution in [1.82, 2.24) is 10.6 Å². The fourth-order valence-corrected chi connectivity index (χ4v) is 3.59. The number of rotatable bonds is 7. The molecule has 1 aliphatic rings. The van der Waals surface area contributed by atoms with E-state index in [-0.39, 0.29) is 29.4 Å². The zero-order valence-corrected chi connectivity index (χ0v) is 18.8. The van der Waals surface area contributed by atoms with Crippen LogP contribution in [0.5, 0.6) is 0 Å². The number of nitrogens with zero attached hydrogens (tertiary/aromatic N) is 1. The molecule has 6 heteroatoms. The first-order valence-electron chi connectivity index (χ1n) is 8.87. The van der Waals surface area contributed by atoms with Gasteiger partial charge in [-0.15, -0.1) is 24.0 Å². The lowest BCUT2D eigenvalue weighted by molar-refractivity contribution is 0.0529. The lowest BCUT2D eigenvalue weighted by atomic mass is 9.72. The second-order valence-electron chi connectivity index (χ2n) is 6.32. The first-order chi connectivity index (χ1) is 11.7. The van der Waals surface area contributed by atoms with Crippen molar-refractivity contribution in [3.8, 4) is 0 Å². The summed E-state index contributed by atoms with van der Waals surface area (Å²) in [6.45, 7) is 8.57. The summed E-state index contributed by atoms with van der Waals surface area (Å²) in [4.78, 5) is 4.93. The molecule has 2 N–H and O–H groups in total. The molecule has 4 nitrogen and oxygen atoms in total. The van der Waals surface area contributed by atoms with E-state index in [0.29, 0.717) is 0 Å². The highest BCUT2D eigenvalue weighted by atomic mass is 127. The van der Waals surface area contributed by atoms with E-state index in [4.69, 9.17) is 9.73 Å². The average molecular weight is 477 g/mol. The highest BCUT2D eigenvalue weighted by Crippen LogP contribution is 2.36. The minimum Gasteiger partial charge on any atom is -0.381 e. The third kappa shape index (κ3) is 6.64. The molecular weight excluding hydrogens is 445 g/mol. The molecule has 1 aromatic rings. The predicted octanol–water partition coefficient (Wildman–Crippen LogP) is 3.58. The van der Waals surface area contributed by atoms with Gasteiger partial charge in [-0.3, -0.25) is 4.99 Å². The minimum absolute atomic E-state index is 0. The average Bonchev–Trinajstić information content (AvgIpc) is 2.61. The number of nitrogens with one attached hydrogen (secondary N) is 2. The SMILES string of the molecule is CCNC(=NCC1(c2ccccc2C)CCOCC1)NCCSC.I. The van der Waals surface area contributed by atoms with Crippen LogP contribution in [0.3, 0.4) is 0 Å². The molecule has 0 amide bonds. The molecule has 1 saturated heterocycles. The van der Waals surface area contributed by atoms with Crippen LogP contribution >= 0.6 is 35.7 Å². The Morgan fingerprint density at radius 1 is 1.24 bits per heavy atom. The Morgan fingerprint density at radius 3 is 2.60 bits per heavy atom. The summed E-state index contributed by atoms with van der Waals surface area (Å²) < 4.78 is 5.64. The van der Waals surface area contributed by atoms with Crippen molar-refractivity contribution in [1.29, 1.82) is 0 Å². The van der Waals surface area contributed by atoms with Crippen LogP contribution in [0, 0.1) is 6.92 Å². The number of benzene rings is 1. The number of hydrogen-bond acceptors (Lipinski definition) is 3. The van der Waals surface area contributed by atoms with E-state index >= 15 is 0 Å². The summed E-state index contributed by atoms with van der Waals surface area (Å²) in [6.07, 6.45) is 4.19. The maximum Gasteiger partial charge on any atom is 0.191 e. The van der Waals surface area contributed by atoms with Crippen LogP contribution in [0.2, 0.25) is 0 Å². The van der Waals surface area contributed by atoms with Gasteiger partial charge >= 0.3 is 0 Å². The van der Waals surface area contributed by atoms with E-state index in [2.05, 4.69) is 55.0 Å². The van der Waals surface area contributed by atoms with E-state index < -0.39 is 0 Å². The van der Waals surface area contributed by atoms with Gasteiger partial charge in [-0.05, 0) is 44.1 Å². The van der Waals surface area contributed by atoms with Crippen molar-refractivity contribution in [2.24, 2.45) is 4.99 Å². The Bertz CT molecular complexity index is 533. The number of aryl methyl sites for hydroxylation is 1. The maximum absolute atomic E-state index is 5.64. The first kappa shape index (κ1) is 22.6. The zero-order valence-electron chi connectivity index (χ0n) is 15.6. The molecule has 2 rings (SSSR count). The number of ether oxygens (including phenoxy) is 1. The van der Waals surface area contributed by atoms with Crippen LogP contribution in [0.15, 0.2) is 29.3 Å². The molecule has 25 heavy (non-hydrogen) atoms. The molecule has 1 aromatic carbocycles. The normalized spacial score (nSPS) is 16.8. The van der Waals surface area contributed by atoms with E-state index in [0.717, 1.165) is 57.4 Å². The summed E-state index contributed by atoms with van der Waals surface area (Å²) in [5, 5.41) is 6.79. The highest BCUT2D eigenvalue weighted by molar-refractivity contribution is 14.0. The molecule has 142 valence electrons. The molecule has 0 atom stereocenters. The topological polar surface area (TPSA) is 45.7 Å². The Labute approximate surface area is 174 Å². The minimum atomic E-state index is 0.